The average molecular weight is 386 g/mol. The lowest BCUT2D eigenvalue weighted by Gasteiger charge is -2.20. The first-order valence-corrected chi connectivity index (χ1v) is 9.83. The number of amides is 1. The molecule has 9 nitrogen and oxygen atoms in total. The molecule has 2 aromatic heterocycles. The van der Waals surface area contributed by atoms with Crippen LogP contribution < -0.4 is 9.62 Å². The minimum atomic E-state index is -3.49. The van der Waals surface area contributed by atoms with Crippen LogP contribution in [0.2, 0.25) is 0 Å². The molecule has 0 saturated heterocycles. The van der Waals surface area contributed by atoms with Crippen LogP contribution >= 0.6 is 0 Å². The van der Waals surface area contributed by atoms with Crippen molar-refractivity contribution in [1.29, 1.82) is 0 Å². The number of hydrogen-bond donors (Lipinski definition) is 1. The number of aromatic nitrogens is 4. The van der Waals surface area contributed by atoms with E-state index in [-0.39, 0.29) is 12.1 Å². The molecule has 27 heavy (non-hydrogen) atoms. The van der Waals surface area contributed by atoms with Crippen LogP contribution in [0.4, 0.5) is 5.69 Å². The van der Waals surface area contributed by atoms with Crippen molar-refractivity contribution in [3.8, 4) is 5.82 Å². The number of carbonyl (C=O) groups is 1. The summed E-state index contributed by atoms with van der Waals surface area (Å²) >= 11 is 0. The molecule has 1 amide bonds. The van der Waals surface area contributed by atoms with Crippen molar-refractivity contribution >= 4 is 21.6 Å². The van der Waals surface area contributed by atoms with Crippen molar-refractivity contribution < 1.29 is 13.2 Å². The standard InChI is InChI=1S/C17H18N6O3S/c1-22(27(2,25)26)15-8-4-3-7-14(15)17(24)20-10-13-6-5-9-19-16(13)23-12-18-11-21-23/h3-9,11-12H,10H2,1-2H3,(H,20,24). The second kappa shape index (κ2) is 7.54. The van der Waals surface area contributed by atoms with Gasteiger partial charge in [0.25, 0.3) is 5.91 Å². The highest BCUT2D eigenvalue weighted by atomic mass is 32.2. The van der Waals surface area contributed by atoms with Crippen LogP contribution in [0.1, 0.15) is 15.9 Å². The fraction of sp³-hybridized carbons (Fsp3) is 0.176. The summed E-state index contributed by atoms with van der Waals surface area (Å²) in [4.78, 5) is 20.9. The smallest absolute Gasteiger partial charge is 0.253 e. The number of hydrogen-bond acceptors (Lipinski definition) is 6. The predicted molar refractivity (Wildman–Crippen MR) is 100 cm³/mol. The van der Waals surface area contributed by atoms with E-state index in [1.165, 1.54) is 24.4 Å². The molecule has 0 aliphatic heterocycles. The van der Waals surface area contributed by atoms with Gasteiger partial charge in [-0.1, -0.05) is 18.2 Å². The number of pyridine rings is 1. The van der Waals surface area contributed by atoms with E-state index >= 15 is 0 Å². The summed E-state index contributed by atoms with van der Waals surface area (Å²) in [5, 5.41) is 6.86. The van der Waals surface area contributed by atoms with Gasteiger partial charge in [0.2, 0.25) is 10.0 Å². The predicted octanol–water partition coefficient (Wildman–Crippen LogP) is 0.988. The van der Waals surface area contributed by atoms with E-state index in [0.717, 1.165) is 16.1 Å². The van der Waals surface area contributed by atoms with Crippen LogP contribution in [0.25, 0.3) is 5.82 Å². The van der Waals surface area contributed by atoms with E-state index < -0.39 is 15.9 Å². The number of para-hydroxylation sites is 1. The van der Waals surface area contributed by atoms with Gasteiger partial charge in [0.15, 0.2) is 5.82 Å². The molecule has 0 bridgehead atoms. The molecule has 1 aromatic carbocycles. The van der Waals surface area contributed by atoms with Gasteiger partial charge in [0.05, 0.1) is 17.5 Å². The molecule has 0 atom stereocenters. The largest absolute Gasteiger partial charge is 0.348 e. The zero-order chi connectivity index (χ0) is 19.4. The van der Waals surface area contributed by atoms with E-state index in [0.29, 0.717) is 11.5 Å². The third-order valence-electron chi connectivity index (χ3n) is 3.93. The minimum Gasteiger partial charge on any atom is -0.348 e. The number of rotatable bonds is 6. The van der Waals surface area contributed by atoms with E-state index in [9.17, 15) is 13.2 Å². The molecule has 140 valence electrons. The Balaban J connectivity index is 1.83. The van der Waals surface area contributed by atoms with Gasteiger partial charge in [-0.05, 0) is 18.2 Å². The quantitative estimate of drug-likeness (QED) is 0.676. The van der Waals surface area contributed by atoms with Crippen LogP contribution in [0.5, 0.6) is 0 Å². The summed E-state index contributed by atoms with van der Waals surface area (Å²) in [6.45, 7) is 0.193. The first-order chi connectivity index (χ1) is 12.9. The van der Waals surface area contributed by atoms with Crippen molar-refractivity contribution in [3.05, 3.63) is 66.4 Å². The Labute approximate surface area is 156 Å². The maximum absolute atomic E-state index is 12.7. The molecule has 0 unspecified atom stereocenters. The SMILES string of the molecule is CN(c1ccccc1C(=O)NCc1cccnc1-n1cncn1)S(C)(=O)=O. The van der Waals surface area contributed by atoms with Crippen molar-refractivity contribution in [2.24, 2.45) is 0 Å². The first kappa shape index (κ1) is 18.5. The zero-order valence-electron chi connectivity index (χ0n) is 14.8. The lowest BCUT2D eigenvalue weighted by atomic mass is 10.1. The third-order valence-corrected chi connectivity index (χ3v) is 5.12. The Morgan fingerprint density at radius 1 is 1.22 bits per heavy atom. The van der Waals surface area contributed by atoms with Crippen molar-refractivity contribution in [1.82, 2.24) is 25.1 Å². The molecule has 1 N–H and O–H groups in total. The van der Waals surface area contributed by atoms with Gasteiger partial charge >= 0.3 is 0 Å². The van der Waals surface area contributed by atoms with Crippen LogP contribution in [0, 0.1) is 0 Å². The highest BCUT2D eigenvalue weighted by Crippen LogP contribution is 2.21. The van der Waals surface area contributed by atoms with Crippen LogP contribution in [-0.2, 0) is 16.6 Å². The maximum atomic E-state index is 12.7. The summed E-state index contributed by atoms with van der Waals surface area (Å²) < 4.78 is 26.2. The van der Waals surface area contributed by atoms with Gasteiger partial charge in [-0.15, -0.1) is 0 Å². The van der Waals surface area contributed by atoms with Gasteiger partial charge in [0, 0.05) is 25.4 Å². The fourth-order valence-electron chi connectivity index (χ4n) is 2.48. The van der Waals surface area contributed by atoms with E-state index in [1.54, 1.807) is 36.5 Å². The topological polar surface area (TPSA) is 110 Å². The Kier molecular flexibility index (Phi) is 5.17. The summed E-state index contributed by atoms with van der Waals surface area (Å²) in [7, 11) is -2.08. The van der Waals surface area contributed by atoms with Crippen LogP contribution in [0.15, 0.2) is 55.2 Å². The molecule has 0 spiro atoms. The Bertz CT molecular complexity index is 1050. The van der Waals surface area contributed by atoms with Gasteiger partial charge in [-0.25, -0.2) is 23.1 Å². The Hall–Kier alpha value is -3.27. The molecule has 0 aliphatic carbocycles. The van der Waals surface area contributed by atoms with E-state index in [1.807, 2.05) is 6.07 Å². The number of nitrogens with zero attached hydrogens (tertiary/aromatic N) is 5. The lowest BCUT2D eigenvalue weighted by Crippen LogP contribution is -2.30. The van der Waals surface area contributed by atoms with Crippen molar-refractivity contribution in [3.63, 3.8) is 0 Å². The first-order valence-electron chi connectivity index (χ1n) is 7.98. The number of anilines is 1. The van der Waals surface area contributed by atoms with Gasteiger partial charge in [-0.3, -0.25) is 9.10 Å². The number of benzene rings is 1. The summed E-state index contributed by atoms with van der Waals surface area (Å²) in [5.74, 6) is 0.159. The summed E-state index contributed by atoms with van der Waals surface area (Å²) in [6.07, 6.45) is 5.62. The van der Waals surface area contributed by atoms with Gasteiger partial charge < -0.3 is 5.32 Å². The van der Waals surface area contributed by atoms with E-state index in [4.69, 9.17) is 0 Å². The van der Waals surface area contributed by atoms with Gasteiger partial charge in [0.1, 0.15) is 12.7 Å². The van der Waals surface area contributed by atoms with Gasteiger partial charge in [-0.2, -0.15) is 5.10 Å². The Morgan fingerprint density at radius 2 is 2.00 bits per heavy atom. The molecule has 3 aromatic rings. The molecular weight excluding hydrogens is 368 g/mol. The Morgan fingerprint density at radius 3 is 2.70 bits per heavy atom. The molecule has 3 rings (SSSR count). The number of nitrogens with one attached hydrogen (secondary N) is 1. The number of carbonyl (C=O) groups excluding carboxylic acids is 1. The normalized spacial score (nSPS) is 11.2. The fourth-order valence-corrected chi connectivity index (χ4v) is 3.00. The van der Waals surface area contributed by atoms with Crippen molar-refractivity contribution in [2.75, 3.05) is 17.6 Å². The molecule has 0 fully saturated rings. The average Bonchev–Trinajstić information content (AvgIpc) is 3.19. The molecule has 0 aliphatic rings. The minimum absolute atomic E-state index is 0.193. The summed E-state index contributed by atoms with van der Waals surface area (Å²) in [6, 6.07) is 10.1. The molecular formula is C17H18N6O3S. The maximum Gasteiger partial charge on any atom is 0.253 e. The number of sulfonamides is 1. The second-order valence-electron chi connectivity index (χ2n) is 5.76. The second-order valence-corrected chi connectivity index (χ2v) is 7.77. The molecule has 0 saturated carbocycles. The molecule has 0 radical (unpaired) electrons. The summed E-state index contributed by atoms with van der Waals surface area (Å²) in [5.41, 5.74) is 1.31. The lowest BCUT2D eigenvalue weighted by molar-refractivity contribution is 0.0951. The van der Waals surface area contributed by atoms with Crippen LogP contribution in [-0.4, -0.2) is 47.4 Å². The molecule has 10 heteroatoms. The molecule has 2 heterocycles. The zero-order valence-corrected chi connectivity index (χ0v) is 15.6. The highest BCUT2D eigenvalue weighted by Gasteiger charge is 2.19. The van der Waals surface area contributed by atoms with Crippen molar-refractivity contribution in [2.45, 2.75) is 6.54 Å². The monoisotopic (exact) mass is 386 g/mol. The highest BCUT2D eigenvalue weighted by molar-refractivity contribution is 7.92. The van der Waals surface area contributed by atoms with Crippen LogP contribution in [0.3, 0.4) is 0 Å². The third kappa shape index (κ3) is 4.11. The van der Waals surface area contributed by atoms with E-state index in [2.05, 4.69) is 20.4 Å².